The smallest absolute Gasteiger partial charge is 0.239 e. The highest BCUT2D eigenvalue weighted by Gasteiger charge is 2.22. The molecular weight excluding hydrogens is 266 g/mol. The molecule has 5 heteroatoms. The largest absolute Gasteiger partial charge is 0.476 e. The molecule has 118 valence electrons. The van der Waals surface area contributed by atoms with Crippen LogP contribution < -0.4 is 15.8 Å². The number of rotatable bonds is 7. The Kier molecular flexibility index (Phi) is 4.93. The summed E-state index contributed by atoms with van der Waals surface area (Å²) in [7, 11) is 0. The van der Waals surface area contributed by atoms with Crippen LogP contribution in [0.15, 0.2) is 12.1 Å². The van der Waals surface area contributed by atoms with Gasteiger partial charge in [-0.05, 0) is 42.7 Å². The minimum atomic E-state index is -0.403. The van der Waals surface area contributed by atoms with E-state index >= 15 is 0 Å². The first-order chi connectivity index (χ1) is 9.83. The molecule has 1 aromatic rings. The summed E-state index contributed by atoms with van der Waals surface area (Å²) in [5, 5.41) is 13.1. The summed E-state index contributed by atoms with van der Waals surface area (Å²) in [5.74, 6) is 1.83. The Labute approximate surface area is 126 Å². The molecule has 0 saturated heterocycles. The van der Waals surface area contributed by atoms with Crippen molar-refractivity contribution >= 4 is 11.5 Å². The number of aromatic nitrogens is 1. The summed E-state index contributed by atoms with van der Waals surface area (Å²) in [6, 6.07) is 3.59. The highest BCUT2D eigenvalue weighted by Crippen LogP contribution is 2.30. The quantitative estimate of drug-likeness (QED) is 0.720. The summed E-state index contributed by atoms with van der Waals surface area (Å²) < 4.78 is 5.65. The average Bonchev–Trinajstić information content (AvgIpc) is 3.18. The van der Waals surface area contributed by atoms with E-state index in [1.165, 1.54) is 12.8 Å². The number of nitrogens with one attached hydrogen (secondary N) is 1. The summed E-state index contributed by atoms with van der Waals surface area (Å²) in [4.78, 5) is 4.37. The van der Waals surface area contributed by atoms with Gasteiger partial charge >= 0.3 is 0 Å². The molecule has 5 nitrogen and oxygen atoms in total. The molecule has 0 spiro atoms. The molecule has 1 fully saturated rings. The lowest BCUT2D eigenvalue weighted by atomic mass is 9.89. The Morgan fingerprint density at radius 2 is 2.14 bits per heavy atom. The monoisotopic (exact) mass is 293 g/mol. The van der Waals surface area contributed by atoms with Crippen LogP contribution in [-0.2, 0) is 0 Å². The highest BCUT2D eigenvalue weighted by atomic mass is 16.5. The van der Waals surface area contributed by atoms with E-state index in [-0.39, 0.29) is 5.41 Å². The molecular formula is C16H27N3O2. The number of nitrogens with two attached hydrogens (primary N) is 1. The molecule has 4 N–H and O–H groups in total. The average molecular weight is 293 g/mol. The molecule has 1 heterocycles. The lowest BCUT2D eigenvalue weighted by Gasteiger charge is -2.22. The van der Waals surface area contributed by atoms with Crippen molar-refractivity contribution < 1.29 is 9.84 Å². The van der Waals surface area contributed by atoms with Crippen LogP contribution in [0.3, 0.4) is 0 Å². The number of ether oxygens (including phenoxy) is 1. The predicted octanol–water partition coefficient (Wildman–Crippen LogP) is 2.66. The number of pyridine rings is 1. The van der Waals surface area contributed by atoms with E-state index in [4.69, 9.17) is 10.5 Å². The first-order valence-electron chi connectivity index (χ1n) is 7.65. The van der Waals surface area contributed by atoms with Gasteiger partial charge in [-0.2, -0.15) is 4.98 Å². The number of hydrogen-bond donors (Lipinski definition) is 3. The van der Waals surface area contributed by atoms with Crippen LogP contribution in [0.5, 0.6) is 5.88 Å². The van der Waals surface area contributed by atoms with E-state index in [0.29, 0.717) is 36.5 Å². The summed E-state index contributed by atoms with van der Waals surface area (Å²) in [5.41, 5.74) is 6.53. The summed E-state index contributed by atoms with van der Waals surface area (Å²) in [6.07, 6.45) is 2.80. The van der Waals surface area contributed by atoms with Crippen LogP contribution in [0.2, 0.25) is 0 Å². The molecule has 2 rings (SSSR count). The summed E-state index contributed by atoms with van der Waals surface area (Å²) >= 11 is 0. The van der Waals surface area contributed by atoms with Gasteiger partial charge < -0.3 is 20.9 Å². The third-order valence-corrected chi connectivity index (χ3v) is 3.41. The first kappa shape index (κ1) is 15.9. The van der Waals surface area contributed by atoms with Crippen molar-refractivity contribution in [3.63, 3.8) is 0 Å². The van der Waals surface area contributed by atoms with Crippen molar-refractivity contribution in [2.45, 2.75) is 46.1 Å². The number of nitrogen functional groups attached to an aromatic ring is 1. The Hall–Kier alpha value is -1.49. The van der Waals surface area contributed by atoms with Gasteiger partial charge in [0, 0.05) is 6.54 Å². The molecule has 0 bridgehead atoms. The van der Waals surface area contributed by atoms with E-state index in [1.807, 2.05) is 6.07 Å². The molecule has 1 aliphatic rings. The number of hydrogen-bond acceptors (Lipinski definition) is 5. The van der Waals surface area contributed by atoms with Gasteiger partial charge in [0.25, 0.3) is 0 Å². The lowest BCUT2D eigenvalue weighted by Crippen LogP contribution is -2.25. The van der Waals surface area contributed by atoms with Gasteiger partial charge in [-0.1, -0.05) is 20.8 Å². The van der Waals surface area contributed by atoms with Crippen LogP contribution in [0.4, 0.5) is 11.5 Å². The second-order valence-corrected chi connectivity index (χ2v) is 7.14. The van der Waals surface area contributed by atoms with Gasteiger partial charge in [0.1, 0.15) is 5.82 Å². The van der Waals surface area contributed by atoms with E-state index in [9.17, 15) is 5.11 Å². The van der Waals surface area contributed by atoms with Gasteiger partial charge in [-0.15, -0.1) is 0 Å². The standard InChI is InChI=1S/C16H27N3O2/c1-16(2,3)8-12(20)9-18-14-7-6-13(17)15(19-14)21-10-11-4-5-11/h6-7,11-12,20H,4-5,8-10,17H2,1-3H3,(H,18,19). The fraction of sp³-hybridized carbons (Fsp3) is 0.688. The van der Waals surface area contributed by atoms with Crippen LogP contribution >= 0.6 is 0 Å². The van der Waals surface area contributed by atoms with Crippen LogP contribution in [0, 0.1) is 11.3 Å². The predicted molar refractivity (Wildman–Crippen MR) is 85.4 cm³/mol. The van der Waals surface area contributed by atoms with Crippen LogP contribution in [-0.4, -0.2) is 29.3 Å². The molecule has 1 unspecified atom stereocenters. The van der Waals surface area contributed by atoms with Crippen LogP contribution in [0.1, 0.15) is 40.0 Å². The normalized spacial score (nSPS) is 16.6. The lowest BCUT2D eigenvalue weighted by molar-refractivity contribution is 0.132. The molecule has 0 aliphatic heterocycles. The Morgan fingerprint density at radius 3 is 2.76 bits per heavy atom. The van der Waals surface area contributed by atoms with Gasteiger partial charge in [0.2, 0.25) is 5.88 Å². The number of aliphatic hydroxyl groups excluding tert-OH is 1. The van der Waals surface area contributed by atoms with Crippen molar-refractivity contribution in [3.8, 4) is 5.88 Å². The minimum Gasteiger partial charge on any atom is -0.476 e. The van der Waals surface area contributed by atoms with Gasteiger partial charge in [0.15, 0.2) is 0 Å². The SMILES string of the molecule is CC(C)(C)CC(O)CNc1ccc(N)c(OCC2CC2)n1. The highest BCUT2D eigenvalue weighted by molar-refractivity contribution is 5.53. The zero-order chi connectivity index (χ0) is 15.5. The molecule has 1 aliphatic carbocycles. The Balaban J connectivity index is 1.86. The summed E-state index contributed by atoms with van der Waals surface area (Å²) in [6.45, 7) is 7.49. The maximum atomic E-state index is 10.0. The second kappa shape index (κ2) is 6.52. The van der Waals surface area contributed by atoms with Crippen molar-refractivity contribution in [1.29, 1.82) is 0 Å². The molecule has 1 saturated carbocycles. The number of anilines is 2. The topological polar surface area (TPSA) is 80.4 Å². The van der Waals surface area contributed by atoms with Crippen molar-refractivity contribution in [1.82, 2.24) is 4.98 Å². The fourth-order valence-corrected chi connectivity index (χ4v) is 2.15. The molecule has 21 heavy (non-hydrogen) atoms. The number of nitrogens with zero attached hydrogens (tertiary/aromatic N) is 1. The van der Waals surface area contributed by atoms with Crippen molar-refractivity contribution in [3.05, 3.63) is 12.1 Å². The maximum absolute atomic E-state index is 10.0. The van der Waals surface area contributed by atoms with E-state index in [1.54, 1.807) is 6.07 Å². The minimum absolute atomic E-state index is 0.105. The maximum Gasteiger partial charge on any atom is 0.239 e. The zero-order valence-electron chi connectivity index (χ0n) is 13.2. The van der Waals surface area contributed by atoms with Crippen molar-refractivity contribution in [2.75, 3.05) is 24.2 Å². The third kappa shape index (κ3) is 5.79. The molecule has 0 amide bonds. The van der Waals surface area contributed by atoms with Crippen LogP contribution in [0.25, 0.3) is 0 Å². The zero-order valence-corrected chi connectivity index (χ0v) is 13.2. The molecule has 0 radical (unpaired) electrons. The van der Waals surface area contributed by atoms with Gasteiger partial charge in [0.05, 0.1) is 18.4 Å². The molecule has 1 aromatic heterocycles. The second-order valence-electron chi connectivity index (χ2n) is 7.14. The van der Waals surface area contributed by atoms with E-state index in [0.717, 1.165) is 6.42 Å². The fourth-order valence-electron chi connectivity index (χ4n) is 2.15. The van der Waals surface area contributed by atoms with E-state index < -0.39 is 6.10 Å². The van der Waals surface area contributed by atoms with Gasteiger partial charge in [-0.25, -0.2) is 0 Å². The third-order valence-electron chi connectivity index (χ3n) is 3.41. The first-order valence-corrected chi connectivity index (χ1v) is 7.65. The van der Waals surface area contributed by atoms with Gasteiger partial charge in [-0.3, -0.25) is 0 Å². The number of aliphatic hydroxyl groups is 1. The van der Waals surface area contributed by atoms with E-state index in [2.05, 4.69) is 31.1 Å². The Bertz CT molecular complexity index is 467. The molecule has 0 aromatic carbocycles. The Morgan fingerprint density at radius 1 is 1.43 bits per heavy atom. The molecule has 1 atom stereocenters. The van der Waals surface area contributed by atoms with Crippen molar-refractivity contribution in [2.24, 2.45) is 11.3 Å².